The second kappa shape index (κ2) is 5.61. The van der Waals surface area contributed by atoms with Crippen LogP contribution in [0.15, 0.2) is 0 Å². The summed E-state index contributed by atoms with van der Waals surface area (Å²) < 4.78 is 0. The van der Waals surface area contributed by atoms with E-state index < -0.39 is 0 Å². The Morgan fingerprint density at radius 2 is 1.85 bits per heavy atom. The molecule has 1 unspecified atom stereocenters. The third-order valence-electron chi connectivity index (χ3n) is 3.33. The van der Waals surface area contributed by atoms with Gasteiger partial charge in [0.25, 0.3) is 0 Å². The van der Waals surface area contributed by atoms with Crippen molar-refractivity contribution < 1.29 is 0 Å². The highest BCUT2D eigenvalue weighted by atomic mass is 15.1. The van der Waals surface area contributed by atoms with Crippen molar-refractivity contribution in [3.8, 4) is 0 Å². The van der Waals surface area contributed by atoms with Crippen molar-refractivity contribution in [1.82, 2.24) is 4.90 Å². The molecular weight excluding hydrogens is 160 g/mol. The van der Waals surface area contributed by atoms with Gasteiger partial charge in [-0.3, -0.25) is 0 Å². The van der Waals surface area contributed by atoms with Gasteiger partial charge in [-0.05, 0) is 26.4 Å². The fraction of sp³-hybridized carbons (Fsp3) is 1.00. The molecule has 2 heteroatoms. The van der Waals surface area contributed by atoms with Gasteiger partial charge in [-0.2, -0.15) is 0 Å². The molecule has 1 aliphatic carbocycles. The van der Waals surface area contributed by atoms with Gasteiger partial charge >= 0.3 is 0 Å². The normalized spacial score (nSPS) is 22.2. The van der Waals surface area contributed by atoms with Gasteiger partial charge in [-0.25, -0.2) is 0 Å². The maximum absolute atomic E-state index is 5.75. The van der Waals surface area contributed by atoms with Crippen molar-refractivity contribution in [3.63, 3.8) is 0 Å². The summed E-state index contributed by atoms with van der Waals surface area (Å²) in [6.07, 6.45) is 8.51. The van der Waals surface area contributed by atoms with E-state index in [0.29, 0.717) is 6.04 Å². The fourth-order valence-electron chi connectivity index (χ4n) is 2.33. The summed E-state index contributed by atoms with van der Waals surface area (Å²) >= 11 is 0. The molecule has 0 aromatic carbocycles. The summed E-state index contributed by atoms with van der Waals surface area (Å²) in [5, 5.41) is 0. The molecule has 0 amide bonds. The minimum absolute atomic E-state index is 0.600. The topological polar surface area (TPSA) is 29.3 Å². The van der Waals surface area contributed by atoms with E-state index in [-0.39, 0.29) is 0 Å². The SMILES string of the molecule is CN(C)C(CN)CC1CCCCC1. The highest BCUT2D eigenvalue weighted by Gasteiger charge is 2.18. The molecule has 0 radical (unpaired) electrons. The number of likely N-dealkylation sites (N-methyl/N-ethyl adjacent to an activating group) is 1. The average Bonchev–Trinajstić information content (AvgIpc) is 2.15. The summed E-state index contributed by atoms with van der Waals surface area (Å²) in [7, 11) is 4.28. The Hall–Kier alpha value is -0.0800. The van der Waals surface area contributed by atoms with Crippen LogP contribution in [-0.2, 0) is 0 Å². The zero-order valence-electron chi connectivity index (χ0n) is 9.13. The lowest BCUT2D eigenvalue weighted by Crippen LogP contribution is -2.37. The predicted octanol–water partition coefficient (Wildman–Crippen LogP) is 1.85. The minimum Gasteiger partial charge on any atom is -0.329 e. The van der Waals surface area contributed by atoms with Crippen LogP contribution >= 0.6 is 0 Å². The zero-order chi connectivity index (χ0) is 9.68. The fourth-order valence-corrected chi connectivity index (χ4v) is 2.33. The second-order valence-corrected chi connectivity index (χ2v) is 4.59. The van der Waals surface area contributed by atoms with Gasteiger partial charge in [0, 0.05) is 12.6 Å². The van der Waals surface area contributed by atoms with Crippen LogP contribution in [0.5, 0.6) is 0 Å². The second-order valence-electron chi connectivity index (χ2n) is 4.59. The maximum atomic E-state index is 5.75. The Kier molecular flexibility index (Phi) is 4.74. The third kappa shape index (κ3) is 3.65. The first-order valence-corrected chi connectivity index (χ1v) is 5.60. The minimum atomic E-state index is 0.600. The van der Waals surface area contributed by atoms with Crippen molar-refractivity contribution in [2.24, 2.45) is 11.7 Å². The van der Waals surface area contributed by atoms with Crippen molar-refractivity contribution in [2.45, 2.75) is 44.6 Å². The number of rotatable bonds is 4. The summed E-state index contributed by atoms with van der Waals surface area (Å²) in [5.74, 6) is 0.949. The third-order valence-corrected chi connectivity index (χ3v) is 3.33. The molecule has 1 atom stereocenters. The number of hydrogen-bond acceptors (Lipinski definition) is 2. The monoisotopic (exact) mass is 184 g/mol. The Morgan fingerprint density at radius 1 is 1.23 bits per heavy atom. The van der Waals surface area contributed by atoms with E-state index >= 15 is 0 Å². The van der Waals surface area contributed by atoms with Crippen LogP contribution in [0.4, 0.5) is 0 Å². The largest absolute Gasteiger partial charge is 0.329 e. The molecule has 0 aliphatic heterocycles. The molecule has 2 nitrogen and oxygen atoms in total. The van der Waals surface area contributed by atoms with Crippen LogP contribution in [0.1, 0.15) is 38.5 Å². The van der Waals surface area contributed by atoms with E-state index in [4.69, 9.17) is 5.73 Å². The molecule has 0 aromatic heterocycles. The van der Waals surface area contributed by atoms with E-state index in [1.54, 1.807) is 0 Å². The molecule has 0 heterocycles. The molecule has 78 valence electrons. The van der Waals surface area contributed by atoms with E-state index in [1.807, 2.05) is 0 Å². The molecule has 0 bridgehead atoms. The standard InChI is InChI=1S/C11H24N2/c1-13(2)11(9-12)8-10-6-4-3-5-7-10/h10-11H,3-9,12H2,1-2H3. The van der Waals surface area contributed by atoms with E-state index in [1.165, 1.54) is 38.5 Å². The molecular formula is C11H24N2. The van der Waals surface area contributed by atoms with Crippen molar-refractivity contribution in [1.29, 1.82) is 0 Å². The van der Waals surface area contributed by atoms with Gasteiger partial charge in [0.1, 0.15) is 0 Å². The van der Waals surface area contributed by atoms with Gasteiger partial charge in [0.2, 0.25) is 0 Å². The molecule has 13 heavy (non-hydrogen) atoms. The van der Waals surface area contributed by atoms with Gasteiger partial charge in [-0.15, -0.1) is 0 Å². The molecule has 1 rings (SSSR count). The van der Waals surface area contributed by atoms with Crippen LogP contribution < -0.4 is 5.73 Å². The molecule has 2 N–H and O–H groups in total. The quantitative estimate of drug-likeness (QED) is 0.722. The zero-order valence-corrected chi connectivity index (χ0v) is 9.13. The first-order chi connectivity index (χ1) is 6.24. The average molecular weight is 184 g/mol. The highest BCUT2D eigenvalue weighted by Crippen LogP contribution is 2.27. The lowest BCUT2D eigenvalue weighted by molar-refractivity contribution is 0.221. The number of nitrogens with zero attached hydrogens (tertiary/aromatic N) is 1. The summed E-state index contributed by atoms with van der Waals surface area (Å²) in [6, 6.07) is 0.600. The predicted molar refractivity (Wildman–Crippen MR) is 57.7 cm³/mol. The van der Waals surface area contributed by atoms with Crippen molar-refractivity contribution in [2.75, 3.05) is 20.6 Å². The summed E-state index contributed by atoms with van der Waals surface area (Å²) in [5.41, 5.74) is 5.75. The molecule has 1 aliphatic rings. The summed E-state index contributed by atoms with van der Waals surface area (Å²) in [4.78, 5) is 2.27. The van der Waals surface area contributed by atoms with Crippen LogP contribution in [0.2, 0.25) is 0 Å². The Labute approximate surface area is 82.5 Å². The van der Waals surface area contributed by atoms with Crippen molar-refractivity contribution >= 4 is 0 Å². The molecule has 0 aromatic rings. The first-order valence-electron chi connectivity index (χ1n) is 5.60. The van der Waals surface area contributed by atoms with E-state index in [0.717, 1.165) is 12.5 Å². The van der Waals surface area contributed by atoms with Crippen LogP contribution in [0.3, 0.4) is 0 Å². The van der Waals surface area contributed by atoms with E-state index in [9.17, 15) is 0 Å². The van der Waals surface area contributed by atoms with Gasteiger partial charge < -0.3 is 10.6 Å². The lowest BCUT2D eigenvalue weighted by Gasteiger charge is -2.29. The van der Waals surface area contributed by atoms with Crippen molar-refractivity contribution in [3.05, 3.63) is 0 Å². The number of nitrogens with two attached hydrogens (primary N) is 1. The van der Waals surface area contributed by atoms with E-state index in [2.05, 4.69) is 19.0 Å². The van der Waals surface area contributed by atoms with Gasteiger partial charge in [-0.1, -0.05) is 32.1 Å². The smallest absolute Gasteiger partial charge is 0.0214 e. The lowest BCUT2D eigenvalue weighted by atomic mass is 9.84. The maximum Gasteiger partial charge on any atom is 0.0214 e. The Balaban J connectivity index is 2.27. The van der Waals surface area contributed by atoms with Gasteiger partial charge in [0.15, 0.2) is 0 Å². The van der Waals surface area contributed by atoms with Gasteiger partial charge in [0.05, 0.1) is 0 Å². The number of hydrogen-bond donors (Lipinski definition) is 1. The van der Waals surface area contributed by atoms with Crippen LogP contribution in [0.25, 0.3) is 0 Å². The van der Waals surface area contributed by atoms with Crippen LogP contribution in [-0.4, -0.2) is 31.6 Å². The molecule has 0 spiro atoms. The first kappa shape index (κ1) is 11.0. The Morgan fingerprint density at radius 3 is 2.31 bits per heavy atom. The highest BCUT2D eigenvalue weighted by molar-refractivity contribution is 4.74. The molecule has 1 fully saturated rings. The summed E-state index contributed by atoms with van der Waals surface area (Å²) in [6.45, 7) is 0.809. The Bertz CT molecular complexity index is 128. The van der Waals surface area contributed by atoms with Crippen LogP contribution in [0, 0.1) is 5.92 Å². The molecule has 0 saturated heterocycles. The molecule has 1 saturated carbocycles.